The normalized spacial score (nSPS) is 11.6. The van der Waals surface area contributed by atoms with Crippen LogP contribution in [-0.2, 0) is 0 Å². The van der Waals surface area contributed by atoms with Crippen LogP contribution in [0.15, 0.2) is 48.5 Å². The summed E-state index contributed by atoms with van der Waals surface area (Å²) in [7, 11) is 0. The molecule has 1 atom stereocenters. The summed E-state index contributed by atoms with van der Waals surface area (Å²) in [5, 5.41) is 6.17. The standard InChI is InChI=1S/C18H19ClN2O2/c1-3-12(2)20-17(22)14-7-5-9-16(11-14)21-18(23)13-6-4-8-15(19)10-13/h4-12H,3H2,1-2H3,(H,20,22)(H,21,23)/t12-/m0/s1. The van der Waals surface area contributed by atoms with E-state index in [4.69, 9.17) is 11.6 Å². The van der Waals surface area contributed by atoms with E-state index >= 15 is 0 Å². The lowest BCUT2D eigenvalue weighted by molar-refractivity contribution is 0.0938. The van der Waals surface area contributed by atoms with Gasteiger partial charge in [0, 0.05) is 27.9 Å². The fourth-order valence-electron chi connectivity index (χ4n) is 1.98. The molecule has 120 valence electrons. The first-order chi connectivity index (χ1) is 11.0. The molecule has 0 heterocycles. The van der Waals surface area contributed by atoms with E-state index in [1.807, 2.05) is 13.8 Å². The summed E-state index contributed by atoms with van der Waals surface area (Å²) in [6, 6.07) is 13.6. The molecule has 0 aliphatic carbocycles. The average molecular weight is 331 g/mol. The molecule has 0 saturated carbocycles. The predicted octanol–water partition coefficient (Wildman–Crippen LogP) is 4.12. The number of amides is 2. The first-order valence-electron chi connectivity index (χ1n) is 7.47. The van der Waals surface area contributed by atoms with Gasteiger partial charge in [0.25, 0.3) is 11.8 Å². The van der Waals surface area contributed by atoms with Gasteiger partial charge < -0.3 is 10.6 Å². The molecule has 2 aromatic rings. The largest absolute Gasteiger partial charge is 0.350 e. The molecule has 4 nitrogen and oxygen atoms in total. The summed E-state index contributed by atoms with van der Waals surface area (Å²) >= 11 is 5.89. The molecule has 0 aromatic heterocycles. The van der Waals surface area contributed by atoms with E-state index in [0.29, 0.717) is 21.8 Å². The van der Waals surface area contributed by atoms with Gasteiger partial charge in [-0.05, 0) is 49.7 Å². The average Bonchev–Trinajstić information content (AvgIpc) is 2.54. The van der Waals surface area contributed by atoms with E-state index in [1.165, 1.54) is 0 Å². The lowest BCUT2D eigenvalue weighted by Gasteiger charge is -2.12. The second kappa shape index (κ2) is 7.79. The van der Waals surface area contributed by atoms with E-state index in [-0.39, 0.29) is 17.9 Å². The van der Waals surface area contributed by atoms with Crippen molar-refractivity contribution in [1.82, 2.24) is 5.32 Å². The zero-order valence-electron chi connectivity index (χ0n) is 13.1. The number of carbonyl (C=O) groups is 2. The van der Waals surface area contributed by atoms with Crippen LogP contribution in [0.4, 0.5) is 5.69 Å². The van der Waals surface area contributed by atoms with Crippen molar-refractivity contribution < 1.29 is 9.59 Å². The third-order valence-corrected chi connectivity index (χ3v) is 3.69. The Kier molecular flexibility index (Phi) is 5.77. The number of hydrogen-bond acceptors (Lipinski definition) is 2. The van der Waals surface area contributed by atoms with Crippen molar-refractivity contribution in [3.63, 3.8) is 0 Å². The van der Waals surface area contributed by atoms with Gasteiger partial charge in [0.2, 0.25) is 0 Å². The monoisotopic (exact) mass is 330 g/mol. The number of nitrogens with one attached hydrogen (secondary N) is 2. The van der Waals surface area contributed by atoms with Crippen LogP contribution in [0.1, 0.15) is 41.0 Å². The van der Waals surface area contributed by atoms with Crippen molar-refractivity contribution in [3.8, 4) is 0 Å². The molecular formula is C18H19ClN2O2. The van der Waals surface area contributed by atoms with Crippen LogP contribution in [0.5, 0.6) is 0 Å². The highest BCUT2D eigenvalue weighted by atomic mass is 35.5. The fraction of sp³-hybridized carbons (Fsp3) is 0.222. The summed E-state index contributed by atoms with van der Waals surface area (Å²) in [5.74, 6) is -0.426. The van der Waals surface area contributed by atoms with Gasteiger partial charge in [-0.15, -0.1) is 0 Å². The van der Waals surface area contributed by atoms with E-state index in [0.717, 1.165) is 6.42 Å². The van der Waals surface area contributed by atoms with E-state index in [1.54, 1.807) is 48.5 Å². The number of rotatable bonds is 5. The number of halogens is 1. The molecule has 5 heteroatoms. The third kappa shape index (κ3) is 4.83. The second-order valence-corrected chi connectivity index (χ2v) is 5.76. The van der Waals surface area contributed by atoms with Gasteiger partial charge in [-0.1, -0.05) is 30.7 Å². The third-order valence-electron chi connectivity index (χ3n) is 3.46. The Balaban J connectivity index is 2.11. The molecule has 2 N–H and O–H groups in total. The Labute approximate surface area is 140 Å². The highest BCUT2D eigenvalue weighted by molar-refractivity contribution is 6.31. The maximum atomic E-state index is 12.2. The van der Waals surface area contributed by atoms with Gasteiger partial charge in [0.1, 0.15) is 0 Å². The smallest absolute Gasteiger partial charge is 0.255 e. The van der Waals surface area contributed by atoms with Gasteiger partial charge in [-0.25, -0.2) is 0 Å². The summed E-state index contributed by atoms with van der Waals surface area (Å²) < 4.78 is 0. The molecule has 0 fully saturated rings. The van der Waals surface area contributed by atoms with Crippen molar-refractivity contribution in [2.24, 2.45) is 0 Å². The maximum Gasteiger partial charge on any atom is 0.255 e. The van der Waals surface area contributed by atoms with E-state index in [9.17, 15) is 9.59 Å². The Hall–Kier alpha value is -2.33. The number of carbonyl (C=O) groups excluding carboxylic acids is 2. The molecule has 2 amide bonds. The van der Waals surface area contributed by atoms with Crippen LogP contribution in [0.3, 0.4) is 0 Å². The first-order valence-corrected chi connectivity index (χ1v) is 7.85. The van der Waals surface area contributed by atoms with Crippen LogP contribution in [0.25, 0.3) is 0 Å². The van der Waals surface area contributed by atoms with Gasteiger partial charge >= 0.3 is 0 Å². The van der Waals surface area contributed by atoms with Gasteiger partial charge in [-0.2, -0.15) is 0 Å². The van der Waals surface area contributed by atoms with Crippen LogP contribution in [0, 0.1) is 0 Å². The summed E-state index contributed by atoms with van der Waals surface area (Å²) in [6.07, 6.45) is 0.858. The van der Waals surface area contributed by atoms with Gasteiger partial charge in [0.15, 0.2) is 0 Å². The minimum absolute atomic E-state index is 0.104. The van der Waals surface area contributed by atoms with Crippen molar-refractivity contribution in [2.75, 3.05) is 5.32 Å². The Bertz CT molecular complexity index is 716. The molecule has 0 saturated heterocycles. The Morgan fingerprint density at radius 3 is 2.35 bits per heavy atom. The second-order valence-electron chi connectivity index (χ2n) is 5.33. The molecular weight excluding hydrogens is 312 g/mol. The number of anilines is 1. The minimum Gasteiger partial charge on any atom is -0.350 e. The molecule has 0 bridgehead atoms. The minimum atomic E-state index is -0.271. The summed E-state index contributed by atoms with van der Waals surface area (Å²) in [5.41, 5.74) is 1.54. The zero-order valence-corrected chi connectivity index (χ0v) is 13.9. The molecule has 0 aliphatic heterocycles. The maximum absolute atomic E-state index is 12.2. The zero-order chi connectivity index (χ0) is 16.8. The SMILES string of the molecule is CC[C@H](C)NC(=O)c1cccc(NC(=O)c2cccc(Cl)c2)c1. The fourth-order valence-corrected chi connectivity index (χ4v) is 2.17. The van der Waals surface area contributed by atoms with Crippen LogP contribution < -0.4 is 10.6 Å². The Morgan fingerprint density at radius 1 is 1.04 bits per heavy atom. The highest BCUT2D eigenvalue weighted by Gasteiger charge is 2.11. The van der Waals surface area contributed by atoms with Crippen molar-refractivity contribution >= 4 is 29.1 Å². The van der Waals surface area contributed by atoms with Crippen molar-refractivity contribution in [3.05, 3.63) is 64.7 Å². The highest BCUT2D eigenvalue weighted by Crippen LogP contribution is 2.15. The topological polar surface area (TPSA) is 58.2 Å². The van der Waals surface area contributed by atoms with E-state index < -0.39 is 0 Å². The van der Waals surface area contributed by atoms with E-state index in [2.05, 4.69) is 10.6 Å². The molecule has 2 rings (SSSR count). The summed E-state index contributed by atoms with van der Waals surface area (Å²) in [6.45, 7) is 3.95. The molecule has 0 radical (unpaired) electrons. The van der Waals surface area contributed by atoms with Crippen LogP contribution in [0.2, 0.25) is 5.02 Å². The molecule has 2 aromatic carbocycles. The quantitative estimate of drug-likeness (QED) is 0.866. The van der Waals surface area contributed by atoms with Crippen molar-refractivity contribution in [1.29, 1.82) is 0 Å². The van der Waals surface area contributed by atoms with Gasteiger partial charge in [-0.3, -0.25) is 9.59 Å². The van der Waals surface area contributed by atoms with Crippen LogP contribution >= 0.6 is 11.6 Å². The van der Waals surface area contributed by atoms with Crippen LogP contribution in [-0.4, -0.2) is 17.9 Å². The lowest BCUT2D eigenvalue weighted by atomic mass is 10.1. The molecule has 23 heavy (non-hydrogen) atoms. The first kappa shape index (κ1) is 17.0. The predicted molar refractivity (Wildman–Crippen MR) is 93.1 cm³/mol. The molecule has 0 spiro atoms. The number of hydrogen-bond donors (Lipinski definition) is 2. The lowest BCUT2D eigenvalue weighted by Crippen LogP contribution is -2.31. The summed E-state index contributed by atoms with van der Waals surface area (Å²) in [4.78, 5) is 24.3. The molecule has 0 aliphatic rings. The Morgan fingerprint density at radius 2 is 1.70 bits per heavy atom. The van der Waals surface area contributed by atoms with Crippen molar-refractivity contribution in [2.45, 2.75) is 26.3 Å². The molecule has 0 unspecified atom stereocenters. The number of benzene rings is 2. The van der Waals surface area contributed by atoms with Gasteiger partial charge in [0.05, 0.1) is 0 Å².